The fourth-order valence-corrected chi connectivity index (χ4v) is 1.32. The van der Waals surface area contributed by atoms with Crippen molar-refractivity contribution in [1.29, 1.82) is 0 Å². The number of primary amides is 1. The van der Waals surface area contributed by atoms with Crippen LogP contribution in [0.4, 0.5) is 0 Å². The Morgan fingerprint density at radius 1 is 1.47 bits per heavy atom. The number of carbonyl (C=O) groups is 1. The van der Waals surface area contributed by atoms with Crippen LogP contribution in [0.25, 0.3) is 0 Å². The quantitative estimate of drug-likeness (QED) is 0.784. The Kier molecular flexibility index (Phi) is 2.45. The average molecular weight is 202 g/mol. The SMILES string of the molecule is NC(=O)c1cccc(Cn2cncn2)c1. The van der Waals surface area contributed by atoms with Gasteiger partial charge in [-0.15, -0.1) is 0 Å². The fraction of sp³-hybridized carbons (Fsp3) is 0.100. The third kappa shape index (κ3) is 2.19. The van der Waals surface area contributed by atoms with Crippen LogP contribution in [0.2, 0.25) is 0 Å². The number of carbonyl (C=O) groups excluding carboxylic acids is 1. The summed E-state index contributed by atoms with van der Waals surface area (Å²) in [4.78, 5) is 14.8. The summed E-state index contributed by atoms with van der Waals surface area (Å²) in [6, 6.07) is 7.15. The van der Waals surface area contributed by atoms with Crippen LogP contribution in [0.15, 0.2) is 36.9 Å². The zero-order chi connectivity index (χ0) is 10.7. The van der Waals surface area contributed by atoms with E-state index in [1.54, 1.807) is 29.2 Å². The molecule has 0 saturated carbocycles. The maximum absolute atomic E-state index is 10.9. The fourth-order valence-electron chi connectivity index (χ4n) is 1.32. The topological polar surface area (TPSA) is 73.8 Å². The van der Waals surface area contributed by atoms with Crippen LogP contribution in [-0.4, -0.2) is 20.7 Å². The van der Waals surface area contributed by atoms with E-state index in [0.29, 0.717) is 12.1 Å². The highest BCUT2D eigenvalue weighted by atomic mass is 16.1. The van der Waals surface area contributed by atoms with Crippen molar-refractivity contribution in [3.8, 4) is 0 Å². The number of benzene rings is 1. The van der Waals surface area contributed by atoms with Gasteiger partial charge in [0.1, 0.15) is 12.7 Å². The van der Waals surface area contributed by atoms with Gasteiger partial charge in [0.2, 0.25) is 5.91 Å². The maximum atomic E-state index is 10.9. The molecule has 0 spiro atoms. The largest absolute Gasteiger partial charge is 0.366 e. The van der Waals surface area contributed by atoms with Gasteiger partial charge in [-0.05, 0) is 17.7 Å². The van der Waals surface area contributed by atoms with Crippen LogP contribution >= 0.6 is 0 Å². The second-order valence-electron chi connectivity index (χ2n) is 3.16. The zero-order valence-corrected chi connectivity index (χ0v) is 8.00. The number of rotatable bonds is 3. The van der Waals surface area contributed by atoms with Crippen LogP contribution < -0.4 is 5.73 Å². The Hall–Kier alpha value is -2.17. The summed E-state index contributed by atoms with van der Waals surface area (Å²) in [5.74, 6) is -0.421. The van der Waals surface area contributed by atoms with Gasteiger partial charge in [-0.3, -0.25) is 4.79 Å². The van der Waals surface area contributed by atoms with Crippen LogP contribution in [0.5, 0.6) is 0 Å². The lowest BCUT2D eigenvalue weighted by molar-refractivity contribution is 0.1000. The minimum absolute atomic E-state index is 0.421. The third-order valence-electron chi connectivity index (χ3n) is 2.02. The highest BCUT2D eigenvalue weighted by molar-refractivity contribution is 5.92. The van der Waals surface area contributed by atoms with Crippen LogP contribution in [0, 0.1) is 0 Å². The Morgan fingerprint density at radius 2 is 2.33 bits per heavy atom. The summed E-state index contributed by atoms with van der Waals surface area (Å²) in [7, 11) is 0. The third-order valence-corrected chi connectivity index (χ3v) is 2.02. The van der Waals surface area contributed by atoms with Gasteiger partial charge in [-0.1, -0.05) is 12.1 Å². The van der Waals surface area contributed by atoms with Gasteiger partial charge < -0.3 is 5.73 Å². The van der Waals surface area contributed by atoms with Crippen molar-refractivity contribution in [1.82, 2.24) is 14.8 Å². The second-order valence-corrected chi connectivity index (χ2v) is 3.16. The summed E-state index contributed by atoms with van der Waals surface area (Å²) in [6.45, 7) is 0.584. The molecular formula is C10H10N4O. The number of hydrogen-bond acceptors (Lipinski definition) is 3. The molecule has 0 aliphatic rings. The lowest BCUT2D eigenvalue weighted by atomic mass is 10.1. The van der Waals surface area contributed by atoms with Gasteiger partial charge in [0.25, 0.3) is 0 Å². The molecular weight excluding hydrogens is 192 g/mol. The average Bonchev–Trinajstić information content (AvgIpc) is 2.71. The summed E-state index contributed by atoms with van der Waals surface area (Å²) in [6.07, 6.45) is 3.09. The highest BCUT2D eigenvalue weighted by Crippen LogP contribution is 2.05. The monoisotopic (exact) mass is 202 g/mol. The highest BCUT2D eigenvalue weighted by Gasteiger charge is 2.01. The van der Waals surface area contributed by atoms with E-state index in [1.807, 2.05) is 6.07 Å². The maximum Gasteiger partial charge on any atom is 0.248 e. The van der Waals surface area contributed by atoms with Gasteiger partial charge in [0, 0.05) is 5.56 Å². The molecule has 1 aromatic heterocycles. The minimum atomic E-state index is -0.421. The van der Waals surface area contributed by atoms with Crippen LogP contribution in [0.3, 0.4) is 0 Å². The van der Waals surface area contributed by atoms with E-state index in [-0.39, 0.29) is 0 Å². The molecule has 2 N–H and O–H groups in total. The Balaban J connectivity index is 2.22. The predicted molar refractivity (Wildman–Crippen MR) is 54.1 cm³/mol. The van der Waals surface area contributed by atoms with Crippen LogP contribution in [0.1, 0.15) is 15.9 Å². The summed E-state index contributed by atoms with van der Waals surface area (Å²) in [5, 5.41) is 3.98. The molecule has 0 unspecified atom stereocenters. The molecule has 76 valence electrons. The molecule has 0 radical (unpaired) electrons. The van der Waals surface area contributed by atoms with Crippen molar-refractivity contribution in [2.75, 3.05) is 0 Å². The number of aromatic nitrogens is 3. The van der Waals surface area contributed by atoms with E-state index in [9.17, 15) is 4.79 Å². The molecule has 5 heteroatoms. The molecule has 0 atom stereocenters. The minimum Gasteiger partial charge on any atom is -0.366 e. The van der Waals surface area contributed by atoms with Gasteiger partial charge in [0.05, 0.1) is 6.54 Å². The van der Waals surface area contributed by atoms with Crippen molar-refractivity contribution in [3.63, 3.8) is 0 Å². The molecule has 0 bridgehead atoms. The Labute approximate surface area is 86.5 Å². The van der Waals surface area contributed by atoms with Crippen molar-refractivity contribution in [2.45, 2.75) is 6.54 Å². The van der Waals surface area contributed by atoms with E-state index in [4.69, 9.17) is 5.73 Å². The molecule has 0 aliphatic heterocycles. The summed E-state index contributed by atoms with van der Waals surface area (Å²) < 4.78 is 1.68. The van der Waals surface area contributed by atoms with E-state index in [0.717, 1.165) is 5.56 Å². The standard InChI is InChI=1S/C10H10N4O/c11-10(15)9-3-1-2-8(4-9)5-14-7-12-6-13-14/h1-4,6-7H,5H2,(H2,11,15). The normalized spacial score (nSPS) is 10.1. The van der Waals surface area contributed by atoms with Crippen molar-refractivity contribution in [2.24, 2.45) is 5.73 Å². The molecule has 2 rings (SSSR count). The van der Waals surface area contributed by atoms with Gasteiger partial charge in [0.15, 0.2) is 0 Å². The van der Waals surface area contributed by atoms with Gasteiger partial charge in [-0.2, -0.15) is 5.10 Å². The first-order chi connectivity index (χ1) is 7.25. The summed E-state index contributed by atoms with van der Waals surface area (Å²) in [5.41, 5.74) is 6.66. The molecule has 1 amide bonds. The Bertz CT molecular complexity index is 464. The number of nitrogens with zero attached hydrogens (tertiary/aromatic N) is 3. The number of nitrogens with two attached hydrogens (primary N) is 1. The molecule has 1 aromatic carbocycles. The first-order valence-electron chi connectivity index (χ1n) is 4.47. The molecule has 0 saturated heterocycles. The first-order valence-corrected chi connectivity index (χ1v) is 4.47. The predicted octanol–water partition coefficient (Wildman–Crippen LogP) is 0.425. The molecule has 2 aromatic rings. The van der Waals surface area contributed by atoms with Crippen molar-refractivity contribution < 1.29 is 4.79 Å². The molecule has 0 aliphatic carbocycles. The number of amides is 1. The van der Waals surface area contributed by atoms with E-state index in [1.165, 1.54) is 6.33 Å². The molecule has 15 heavy (non-hydrogen) atoms. The smallest absolute Gasteiger partial charge is 0.248 e. The van der Waals surface area contributed by atoms with E-state index < -0.39 is 5.91 Å². The zero-order valence-electron chi connectivity index (χ0n) is 8.00. The molecule has 0 fully saturated rings. The van der Waals surface area contributed by atoms with Gasteiger partial charge in [-0.25, -0.2) is 9.67 Å². The Morgan fingerprint density at radius 3 is 3.00 bits per heavy atom. The molecule has 1 heterocycles. The van der Waals surface area contributed by atoms with Gasteiger partial charge >= 0.3 is 0 Å². The number of hydrogen-bond donors (Lipinski definition) is 1. The second kappa shape index (κ2) is 3.91. The lowest BCUT2D eigenvalue weighted by Gasteiger charge is -2.02. The molecule has 5 nitrogen and oxygen atoms in total. The lowest BCUT2D eigenvalue weighted by Crippen LogP contribution is -2.11. The summed E-state index contributed by atoms with van der Waals surface area (Å²) >= 11 is 0. The van der Waals surface area contributed by atoms with Crippen molar-refractivity contribution >= 4 is 5.91 Å². The first kappa shape index (κ1) is 9.39. The van der Waals surface area contributed by atoms with Crippen molar-refractivity contribution in [3.05, 3.63) is 48.0 Å². The van der Waals surface area contributed by atoms with E-state index >= 15 is 0 Å². The van der Waals surface area contributed by atoms with E-state index in [2.05, 4.69) is 10.1 Å². The van der Waals surface area contributed by atoms with Crippen LogP contribution in [-0.2, 0) is 6.54 Å².